The Morgan fingerprint density at radius 1 is 1.44 bits per heavy atom. The summed E-state index contributed by atoms with van der Waals surface area (Å²) in [4.78, 5) is 16.6. The standard InChI is InChI=1S/C11H8ClN3O/c1-15-10-9(5-13-15)14-8-3-2-6(12)4-7(8)11(10)16/h2-5,10H,1H3. The van der Waals surface area contributed by atoms with Crippen molar-refractivity contribution in [3.05, 3.63) is 28.8 Å². The molecule has 0 amide bonds. The third kappa shape index (κ3) is 1.20. The predicted octanol–water partition coefficient (Wildman–Crippen LogP) is 1.91. The lowest BCUT2D eigenvalue weighted by Crippen LogP contribution is -2.39. The first-order chi connectivity index (χ1) is 7.66. The van der Waals surface area contributed by atoms with E-state index in [4.69, 9.17) is 11.6 Å². The van der Waals surface area contributed by atoms with Gasteiger partial charge in [0, 0.05) is 17.6 Å². The third-order valence-corrected chi connectivity index (χ3v) is 2.98. The van der Waals surface area contributed by atoms with Gasteiger partial charge < -0.3 is 0 Å². The normalized spacial score (nSPS) is 21.9. The molecule has 2 heterocycles. The minimum absolute atomic E-state index is 0.00231. The average molecular weight is 234 g/mol. The number of nitrogens with zero attached hydrogens (tertiary/aromatic N) is 3. The summed E-state index contributed by atoms with van der Waals surface area (Å²) in [6, 6.07) is 4.76. The molecule has 1 aromatic rings. The van der Waals surface area contributed by atoms with Gasteiger partial charge in [-0.25, -0.2) is 4.99 Å². The summed E-state index contributed by atoms with van der Waals surface area (Å²) in [5.74, 6) is 0.00231. The molecule has 2 aliphatic heterocycles. The number of hydrazone groups is 1. The van der Waals surface area contributed by atoms with Crippen LogP contribution in [-0.2, 0) is 0 Å². The van der Waals surface area contributed by atoms with Crippen LogP contribution in [0.5, 0.6) is 0 Å². The molecule has 2 aliphatic rings. The Morgan fingerprint density at radius 3 is 3.06 bits per heavy atom. The molecule has 1 atom stereocenters. The van der Waals surface area contributed by atoms with Gasteiger partial charge in [0.05, 0.1) is 17.6 Å². The second kappa shape index (κ2) is 3.15. The van der Waals surface area contributed by atoms with E-state index in [1.54, 1.807) is 36.5 Å². The largest absolute Gasteiger partial charge is 0.291 e. The number of likely N-dealkylation sites (N-methyl/N-ethyl adjacent to an activating group) is 1. The van der Waals surface area contributed by atoms with E-state index in [1.807, 2.05) is 0 Å². The smallest absolute Gasteiger partial charge is 0.195 e. The van der Waals surface area contributed by atoms with Crippen molar-refractivity contribution in [3.8, 4) is 0 Å². The SMILES string of the molecule is CN1N=CC2=Nc3ccc(Cl)cc3C(=O)C21. The van der Waals surface area contributed by atoms with Gasteiger partial charge in [-0.3, -0.25) is 9.80 Å². The van der Waals surface area contributed by atoms with E-state index < -0.39 is 0 Å². The highest BCUT2D eigenvalue weighted by molar-refractivity contribution is 6.43. The topological polar surface area (TPSA) is 45.0 Å². The number of fused-ring (bicyclic) bond motifs is 2. The van der Waals surface area contributed by atoms with Crippen LogP contribution in [0.15, 0.2) is 28.3 Å². The van der Waals surface area contributed by atoms with E-state index in [9.17, 15) is 4.79 Å². The molecule has 0 N–H and O–H groups in total. The first-order valence-corrected chi connectivity index (χ1v) is 5.24. The van der Waals surface area contributed by atoms with Gasteiger partial charge in [-0.2, -0.15) is 5.10 Å². The number of hydrogen-bond donors (Lipinski definition) is 0. The molecule has 1 aromatic carbocycles. The molecule has 0 saturated carbocycles. The van der Waals surface area contributed by atoms with Crippen molar-refractivity contribution in [2.24, 2.45) is 10.1 Å². The van der Waals surface area contributed by atoms with Crippen molar-refractivity contribution in [3.63, 3.8) is 0 Å². The molecule has 0 aromatic heterocycles. The number of ketones is 1. The molecular formula is C11H8ClN3O. The van der Waals surface area contributed by atoms with Crippen LogP contribution in [0.1, 0.15) is 10.4 Å². The minimum atomic E-state index is -0.383. The molecule has 3 rings (SSSR count). The fourth-order valence-corrected chi connectivity index (χ4v) is 2.13. The van der Waals surface area contributed by atoms with Gasteiger partial charge in [-0.05, 0) is 18.2 Å². The zero-order valence-electron chi connectivity index (χ0n) is 8.51. The van der Waals surface area contributed by atoms with Gasteiger partial charge in [0.15, 0.2) is 11.8 Å². The number of Topliss-reactive ketones (excluding diaryl/α,β-unsaturated/α-hetero) is 1. The van der Waals surface area contributed by atoms with Gasteiger partial charge >= 0.3 is 0 Å². The van der Waals surface area contributed by atoms with E-state index in [0.717, 1.165) is 0 Å². The zero-order chi connectivity index (χ0) is 11.3. The van der Waals surface area contributed by atoms with E-state index in [0.29, 0.717) is 22.0 Å². The highest BCUT2D eigenvalue weighted by Gasteiger charge is 2.36. The van der Waals surface area contributed by atoms with E-state index in [-0.39, 0.29) is 11.8 Å². The highest BCUT2D eigenvalue weighted by atomic mass is 35.5. The lowest BCUT2D eigenvalue weighted by Gasteiger charge is -2.22. The highest BCUT2D eigenvalue weighted by Crippen LogP contribution is 2.31. The van der Waals surface area contributed by atoms with Crippen LogP contribution in [0.3, 0.4) is 0 Å². The number of aliphatic imine (C=N–C) groups is 1. The number of carbonyl (C=O) groups is 1. The molecule has 0 aliphatic carbocycles. The van der Waals surface area contributed by atoms with Crippen molar-refractivity contribution in [1.82, 2.24) is 5.01 Å². The maximum atomic E-state index is 12.2. The molecule has 80 valence electrons. The maximum Gasteiger partial charge on any atom is 0.195 e. The summed E-state index contributed by atoms with van der Waals surface area (Å²) in [6.45, 7) is 0. The Labute approximate surface area is 97.2 Å². The molecule has 5 heteroatoms. The molecular weight excluding hydrogens is 226 g/mol. The first-order valence-electron chi connectivity index (χ1n) is 4.86. The number of benzene rings is 1. The molecule has 0 radical (unpaired) electrons. The third-order valence-electron chi connectivity index (χ3n) is 2.75. The number of hydrogen-bond acceptors (Lipinski definition) is 4. The Morgan fingerprint density at radius 2 is 2.25 bits per heavy atom. The molecule has 0 spiro atoms. The van der Waals surface area contributed by atoms with Crippen molar-refractivity contribution >= 4 is 35.0 Å². The van der Waals surface area contributed by atoms with Crippen molar-refractivity contribution in [1.29, 1.82) is 0 Å². The summed E-state index contributed by atoms with van der Waals surface area (Å²) < 4.78 is 0. The second-order valence-electron chi connectivity index (χ2n) is 3.78. The summed E-state index contributed by atoms with van der Waals surface area (Å²) >= 11 is 5.88. The summed E-state index contributed by atoms with van der Waals surface area (Å²) in [5, 5.41) is 6.22. The zero-order valence-corrected chi connectivity index (χ0v) is 9.27. The molecule has 4 nitrogen and oxygen atoms in total. The summed E-state index contributed by atoms with van der Waals surface area (Å²) in [7, 11) is 1.76. The van der Waals surface area contributed by atoms with Gasteiger partial charge in [0.1, 0.15) is 0 Å². The molecule has 16 heavy (non-hydrogen) atoms. The number of carbonyl (C=O) groups excluding carboxylic acids is 1. The maximum absolute atomic E-state index is 12.2. The van der Waals surface area contributed by atoms with E-state index in [2.05, 4.69) is 10.1 Å². The lowest BCUT2D eigenvalue weighted by atomic mass is 9.96. The molecule has 0 bridgehead atoms. The van der Waals surface area contributed by atoms with Crippen LogP contribution in [0, 0.1) is 0 Å². The van der Waals surface area contributed by atoms with Crippen molar-refractivity contribution in [2.75, 3.05) is 7.05 Å². The Hall–Kier alpha value is -1.68. The van der Waals surface area contributed by atoms with Gasteiger partial charge in [-0.15, -0.1) is 0 Å². The summed E-state index contributed by atoms with van der Waals surface area (Å²) in [5.41, 5.74) is 1.93. The summed E-state index contributed by atoms with van der Waals surface area (Å²) in [6.07, 6.45) is 1.63. The molecule has 1 unspecified atom stereocenters. The fourth-order valence-electron chi connectivity index (χ4n) is 1.96. The Kier molecular flexibility index (Phi) is 1.88. The molecule has 0 saturated heterocycles. The van der Waals surface area contributed by atoms with Crippen LogP contribution in [-0.4, -0.2) is 35.8 Å². The molecule has 0 fully saturated rings. The number of rotatable bonds is 0. The van der Waals surface area contributed by atoms with Gasteiger partial charge in [-0.1, -0.05) is 11.6 Å². The lowest BCUT2D eigenvalue weighted by molar-refractivity contribution is 0.0916. The Balaban J connectivity index is 2.20. The van der Waals surface area contributed by atoms with Crippen LogP contribution in [0.25, 0.3) is 0 Å². The fraction of sp³-hybridized carbons (Fsp3) is 0.182. The van der Waals surface area contributed by atoms with Crippen molar-refractivity contribution in [2.45, 2.75) is 6.04 Å². The average Bonchev–Trinajstić information content (AvgIpc) is 2.62. The first kappa shape index (κ1) is 9.54. The van der Waals surface area contributed by atoms with Crippen LogP contribution >= 0.6 is 11.6 Å². The van der Waals surface area contributed by atoms with Crippen LogP contribution in [0.2, 0.25) is 5.02 Å². The second-order valence-corrected chi connectivity index (χ2v) is 4.22. The van der Waals surface area contributed by atoms with Crippen LogP contribution in [0.4, 0.5) is 5.69 Å². The van der Waals surface area contributed by atoms with E-state index >= 15 is 0 Å². The minimum Gasteiger partial charge on any atom is -0.291 e. The monoisotopic (exact) mass is 233 g/mol. The quantitative estimate of drug-likeness (QED) is 0.687. The Bertz CT molecular complexity index is 550. The number of halogens is 1. The van der Waals surface area contributed by atoms with Gasteiger partial charge in [0.2, 0.25) is 0 Å². The van der Waals surface area contributed by atoms with Crippen molar-refractivity contribution < 1.29 is 4.79 Å². The van der Waals surface area contributed by atoms with E-state index in [1.165, 1.54) is 0 Å². The predicted molar refractivity (Wildman–Crippen MR) is 62.9 cm³/mol. The van der Waals surface area contributed by atoms with Crippen LogP contribution < -0.4 is 0 Å². The van der Waals surface area contributed by atoms with Gasteiger partial charge in [0.25, 0.3) is 0 Å².